The van der Waals surface area contributed by atoms with Crippen LogP contribution in [0, 0.1) is 27.7 Å². The molecule has 1 aliphatic carbocycles. The molecule has 8 bridgehead atoms. The van der Waals surface area contributed by atoms with E-state index < -0.39 is 61.0 Å². The van der Waals surface area contributed by atoms with Gasteiger partial charge in [-0.15, -0.1) is 0 Å². The molecule has 0 unspecified atom stereocenters. The Bertz CT molecular complexity index is 2590. The Labute approximate surface area is 430 Å². The van der Waals surface area contributed by atoms with Crippen LogP contribution < -0.4 is 18.9 Å². The van der Waals surface area contributed by atoms with Crippen LogP contribution >= 0.6 is 0 Å². The van der Waals surface area contributed by atoms with Crippen molar-refractivity contribution in [2.24, 2.45) is 0 Å². The number of ether oxygens (including phenoxy) is 11. The third-order valence-corrected chi connectivity index (χ3v) is 11.3. The lowest BCUT2D eigenvalue weighted by Gasteiger charge is -2.24. The molecule has 396 valence electrons. The van der Waals surface area contributed by atoms with Gasteiger partial charge in [-0.25, -0.2) is 4.79 Å². The number of fused-ring (bicyclic) bond motifs is 8. The number of benzene rings is 4. The van der Waals surface area contributed by atoms with Crippen LogP contribution in [0.25, 0.3) is 0 Å². The predicted molar refractivity (Wildman–Crippen MR) is 266 cm³/mol. The van der Waals surface area contributed by atoms with Crippen LogP contribution in [0.4, 0.5) is 0 Å². The second-order valence-electron chi connectivity index (χ2n) is 17.6. The molecule has 0 atom stereocenters. The number of hydrogen-bond donors (Lipinski definition) is 0. The monoisotopic (exact) mass is 1020 g/mol. The maximum Gasteiger partial charge on any atom is 0.333 e. The Morgan fingerprint density at radius 2 is 0.581 bits per heavy atom. The van der Waals surface area contributed by atoms with Gasteiger partial charge in [-0.2, -0.15) is 0 Å². The minimum absolute atomic E-state index is 0.00205. The molecule has 4 aromatic rings. The maximum atomic E-state index is 12.5. The molecule has 4 aromatic carbocycles. The molecule has 0 aromatic heterocycles. The fourth-order valence-corrected chi connectivity index (χ4v) is 8.35. The van der Waals surface area contributed by atoms with E-state index in [0.29, 0.717) is 23.0 Å². The molecular formula is C56H64O18. The van der Waals surface area contributed by atoms with Gasteiger partial charge in [0, 0.05) is 31.3 Å². The highest BCUT2D eigenvalue weighted by Crippen LogP contribution is 2.40. The number of carbonyl (C=O) groups is 7. The van der Waals surface area contributed by atoms with Gasteiger partial charge in [0.1, 0.15) is 95.1 Å². The van der Waals surface area contributed by atoms with Gasteiger partial charge >= 0.3 is 41.8 Å². The molecule has 0 amide bonds. The number of carbonyl (C=O) groups excluding carboxylic acids is 7. The van der Waals surface area contributed by atoms with Gasteiger partial charge in [-0.3, -0.25) is 28.8 Å². The number of rotatable bonds is 23. The third kappa shape index (κ3) is 17.1. The lowest BCUT2D eigenvalue weighted by molar-refractivity contribution is -0.155. The lowest BCUT2D eigenvalue weighted by atomic mass is 9.88. The number of aryl methyl sites for hydroxylation is 4. The van der Waals surface area contributed by atoms with E-state index in [9.17, 15) is 33.6 Å². The summed E-state index contributed by atoms with van der Waals surface area (Å²) in [7, 11) is 3.54. The Morgan fingerprint density at radius 3 is 0.784 bits per heavy atom. The van der Waals surface area contributed by atoms with Crippen molar-refractivity contribution in [3.63, 3.8) is 0 Å². The first-order valence-corrected chi connectivity index (χ1v) is 23.9. The van der Waals surface area contributed by atoms with Crippen molar-refractivity contribution >= 4 is 41.8 Å². The second-order valence-corrected chi connectivity index (χ2v) is 17.6. The third-order valence-electron chi connectivity index (χ3n) is 11.3. The minimum Gasteiger partial charge on any atom is -0.489 e. The molecular weight excluding hydrogens is 961 g/mol. The Kier molecular flexibility index (Phi) is 21.4. The van der Waals surface area contributed by atoms with Crippen molar-refractivity contribution in [1.29, 1.82) is 0 Å². The molecule has 0 heterocycles. The van der Waals surface area contributed by atoms with Crippen LogP contribution in [0.5, 0.6) is 23.0 Å². The molecule has 0 fully saturated rings. The highest BCUT2D eigenvalue weighted by atomic mass is 16.6. The van der Waals surface area contributed by atoms with Crippen LogP contribution in [0.1, 0.15) is 92.9 Å². The van der Waals surface area contributed by atoms with Crippen LogP contribution in [0.2, 0.25) is 0 Å². The second kappa shape index (κ2) is 27.8. The molecule has 74 heavy (non-hydrogen) atoms. The van der Waals surface area contributed by atoms with E-state index in [-0.39, 0.29) is 84.1 Å². The van der Waals surface area contributed by atoms with Gasteiger partial charge in [0.25, 0.3) is 0 Å². The Balaban J connectivity index is 1.70. The molecule has 0 radical (unpaired) electrons. The van der Waals surface area contributed by atoms with Crippen molar-refractivity contribution in [2.75, 3.05) is 74.2 Å². The van der Waals surface area contributed by atoms with E-state index >= 15 is 0 Å². The van der Waals surface area contributed by atoms with E-state index in [4.69, 9.17) is 37.9 Å². The molecule has 5 rings (SSSR count). The first-order chi connectivity index (χ1) is 35.4. The van der Waals surface area contributed by atoms with Gasteiger partial charge in [0.15, 0.2) is 0 Å². The largest absolute Gasteiger partial charge is 0.489 e. The van der Waals surface area contributed by atoms with Crippen molar-refractivity contribution in [3.05, 3.63) is 127 Å². The summed E-state index contributed by atoms with van der Waals surface area (Å²) in [6, 6.07) is 16.0. The predicted octanol–water partition coefficient (Wildman–Crippen LogP) is 6.55. The van der Waals surface area contributed by atoms with E-state index in [0.717, 1.165) is 66.8 Å². The summed E-state index contributed by atoms with van der Waals surface area (Å²) in [5, 5.41) is 0. The zero-order chi connectivity index (χ0) is 53.9. The summed E-state index contributed by atoms with van der Waals surface area (Å²) in [6.45, 7) is 12.3. The van der Waals surface area contributed by atoms with Gasteiger partial charge in [-0.05, 0) is 79.1 Å². The zero-order valence-electron chi connectivity index (χ0n) is 43.3. The highest BCUT2D eigenvalue weighted by molar-refractivity contribution is 5.92. The zero-order valence-corrected chi connectivity index (χ0v) is 43.3. The number of methoxy groups -OCH3 is 3. The first-order valence-electron chi connectivity index (χ1n) is 23.9. The highest BCUT2D eigenvalue weighted by Gasteiger charge is 2.25. The maximum absolute atomic E-state index is 12.5. The fraction of sp³-hybridized carbons (Fsp3) is 0.411. The molecule has 0 spiro atoms. The summed E-state index contributed by atoms with van der Waals surface area (Å²) in [4.78, 5) is 85.1. The Morgan fingerprint density at radius 1 is 0.365 bits per heavy atom. The fourth-order valence-electron chi connectivity index (χ4n) is 8.35. The average Bonchev–Trinajstić information content (AvgIpc) is 3.33. The van der Waals surface area contributed by atoms with Crippen molar-refractivity contribution in [2.45, 2.75) is 79.6 Å². The van der Waals surface area contributed by atoms with Crippen LogP contribution in [0.15, 0.2) is 60.7 Å². The summed E-state index contributed by atoms with van der Waals surface area (Å²) in [6.07, 6.45) is -0.611. The van der Waals surface area contributed by atoms with Crippen molar-refractivity contribution in [1.82, 2.24) is 0 Å². The van der Waals surface area contributed by atoms with Gasteiger partial charge in [0.05, 0.1) is 21.3 Å². The smallest absolute Gasteiger partial charge is 0.333 e. The molecule has 0 N–H and O–H groups in total. The van der Waals surface area contributed by atoms with Crippen molar-refractivity contribution < 1.29 is 85.7 Å². The van der Waals surface area contributed by atoms with Crippen molar-refractivity contribution in [3.8, 4) is 23.0 Å². The van der Waals surface area contributed by atoms with E-state index in [2.05, 4.69) is 20.8 Å². The van der Waals surface area contributed by atoms with Crippen LogP contribution in [0.3, 0.4) is 0 Å². The molecule has 0 saturated carbocycles. The standard InChI is InChI=1S/C56H64O18/c1-33(2)56(63)74-17-16-73-55-44-24-37(6)25-45(55)29-43-23-36(5)21-41(54(43)72-15-12-69-51(62)32-48(59)66-9)27-39-19-34(3)18-38(52(39)70-13-10-67-49(60)30-46(57)64-7)26-40-20-35(4)22-42(28-44)53(40)71-14-11-68-50(61)31-47(58)65-8/h18-25H,1,10-17,26-32H2,2-9H3. The molecule has 18 heteroatoms. The summed E-state index contributed by atoms with van der Waals surface area (Å²) < 4.78 is 61.7. The van der Waals surface area contributed by atoms with Gasteiger partial charge < -0.3 is 52.1 Å². The van der Waals surface area contributed by atoms with E-state index in [1.807, 2.05) is 76.2 Å². The SMILES string of the molecule is C=C(C)C(=O)OCCOc1c2cc(C)cc1Cc1cc(C)cc(c1OCCOC(=O)CC(=O)OC)Cc1cc(C)cc(c1OCCOC(=O)CC(=O)OC)Cc1cc(C)cc(c1OCCOC(=O)CC(=O)OC)C2. The molecule has 0 aliphatic heterocycles. The number of hydrogen-bond acceptors (Lipinski definition) is 18. The molecule has 18 nitrogen and oxygen atoms in total. The quantitative estimate of drug-likeness (QED) is 0.0222. The van der Waals surface area contributed by atoms with Crippen LogP contribution in [-0.2, 0) is 92.4 Å². The minimum atomic E-state index is -0.777. The van der Waals surface area contributed by atoms with E-state index in [1.54, 1.807) is 6.92 Å². The normalized spacial score (nSPS) is 11.5. The topological polar surface area (TPSA) is 221 Å². The first kappa shape index (κ1) is 57.0. The summed E-state index contributed by atoms with van der Waals surface area (Å²) >= 11 is 0. The Hall–Kier alpha value is -7.89. The lowest BCUT2D eigenvalue weighted by Crippen LogP contribution is -2.18. The van der Waals surface area contributed by atoms with E-state index in [1.165, 1.54) is 21.3 Å². The average molecular weight is 1030 g/mol. The van der Waals surface area contributed by atoms with Gasteiger partial charge in [0.2, 0.25) is 0 Å². The summed E-state index contributed by atoms with van der Waals surface area (Å²) in [5.74, 6) is -3.04. The van der Waals surface area contributed by atoms with Crippen LogP contribution in [-0.4, -0.2) is 116 Å². The molecule has 1 aliphatic rings. The number of esters is 7. The van der Waals surface area contributed by atoms with Gasteiger partial charge in [-0.1, -0.05) is 77.4 Å². The summed E-state index contributed by atoms with van der Waals surface area (Å²) in [5.41, 5.74) is 9.97. The molecule has 0 saturated heterocycles.